The second-order valence-corrected chi connectivity index (χ2v) is 10.5. The van der Waals surface area contributed by atoms with Crippen LogP contribution in [0.25, 0.3) is 11.0 Å². The maximum Gasteiger partial charge on any atom is 0.243 e. The lowest BCUT2D eigenvalue weighted by Gasteiger charge is -2.11. The maximum atomic E-state index is 13.3. The zero-order valence-electron chi connectivity index (χ0n) is 18.8. The monoisotopic (exact) mass is 448 g/mol. The predicted octanol–water partition coefficient (Wildman–Crippen LogP) is 5.45. The van der Waals surface area contributed by atoms with Crippen LogP contribution in [-0.2, 0) is 22.2 Å². The maximum absolute atomic E-state index is 13.3. The molecule has 0 aliphatic carbocycles. The predicted molar refractivity (Wildman–Crippen MR) is 129 cm³/mol. The molecule has 166 valence electrons. The van der Waals surface area contributed by atoms with Crippen LogP contribution in [0.2, 0.25) is 0 Å². The van der Waals surface area contributed by atoms with Gasteiger partial charge in [-0.1, -0.05) is 44.2 Å². The molecule has 0 fully saturated rings. The normalized spacial score (nSPS) is 12.0. The molecule has 1 N–H and O–H groups in total. The van der Waals surface area contributed by atoms with Gasteiger partial charge in [0.2, 0.25) is 10.0 Å². The van der Waals surface area contributed by atoms with Gasteiger partial charge in [-0.05, 0) is 71.8 Å². The summed E-state index contributed by atoms with van der Waals surface area (Å²) in [5, 5.41) is 9.83. The number of fused-ring (bicyclic) bond motifs is 1. The van der Waals surface area contributed by atoms with Gasteiger partial charge in [0.25, 0.3) is 0 Å². The van der Waals surface area contributed by atoms with Crippen LogP contribution >= 0.6 is 0 Å². The number of aryl methyl sites for hydroxylation is 2. The molecular weight excluding hydrogens is 420 g/mol. The van der Waals surface area contributed by atoms with Crippen LogP contribution in [0.5, 0.6) is 5.75 Å². The van der Waals surface area contributed by atoms with Crippen LogP contribution < -0.4 is 0 Å². The fourth-order valence-electron chi connectivity index (χ4n) is 4.18. The molecule has 0 atom stereocenters. The molecule has 2 aromatic heterocycles. The highest BCUT2D eigenvalue weighted by Crippen LogP contribution is 2.30. The Balaban J connectivity index is 1.78. The molecule has 5 nitrogen and oxygen atoms in total. The fraction of sp³-hybridized carbons (Fsp3) is 0.269. The smallest absolute Gasteiger partial charge is 0.243 e. The Morgan fingerprint density at radius 3 is 2.28 bits per heavy atom. The zero-order chi connectivity index (χ0) is 23.0. The van der Waals surface area contributed by atoms with Crippen molar-refractivity contribution in [2.45, 2.75) is 45.8 Å². The summed E-state index contributed by atoms with van der Waals surface area (Å²) in [5.74, 6) is 0.323. The van der Waals surface area contributed by atoms with Crippen LogP contribution in [0.15, 0.2) is 60.8 Å². The summed E-state index contributed by atoms with van der Waals surface area (Å²) in [6, 6.07) is 16.5. The first kappa shape index (κ1) is 22.1. The zero-order valence-corrected chi connectivity index (χ0v) is 19.6. The highest BCUT2D eigenvalue weighted by Gasteiger charge is 2.22. The summed E-state index contributed by atoms with van der Waals surface area (Å²) < 4.78 is 27.9. The molecule has 0 aliphatic heterocycles. The standard InChI is InChI=1S/C26H28N2O3S/c1-17(2)24-15-28(32(30,31)16-20-8-6-5-7-9-20)25-11-10-21(27-26(24)25)14-23-18(3)12-22(29)13-19(23)4/h5-13,15,17,29H,14,16H2,1-4H3. The number of phenols is 1. The Labute approximate surface area is 189 Å². The quantitative estimate of drug-likeness (QED) is 0.426. The van der Waals surface area contributed by atoms with E-state index < -0.39 is 10.0 Å². The summed E-state index contributed by atoms with van der Waals surface area (Å²) in [6.45, 7) is 8.05. The number of nitrogens with zero attached hydrogens (tertiary/aromatic N) is 2. The van der Waals surface area contributed by atoms with E-state index in [0.29, 0.717) is 11.9 Å². The summed E-state index contributed by atoms with van der Waals surface area (Å²) in [5.41, 5.74) is 7.01. The molecule has 2 aromatic carbocycles. The fourth-order valence-corrected chi connectivity index (χ4v) is 5.65. The van der Waals surface area contributed by atoms with Crippen LogP contribution in [0.3, 0.4) is 0 Å². The van der Waals surface area contributed by atoms with E-state index in [0.717, 1.165) is 39.0 Å². The first-order valence-corrected chi connectivity index (χ1v) is 12.3. The van der Waals surface area contributed by atoms with Gasteiger partial charge < -0.3 is 5.11 Å². The van der Waals surface area contributed by atoms with Crippen molar-refractivity contribution in [3.05, 3.63) is 94.3 Å². The molecule has 6 heteroatoms. The van der Waals surface area contributed by atoms with Gasteiger partial charge in [0, 0.05) is 18.3 Å². The number of hydrogen-bond donors (Lipinski definition) is 1. The van der Waals surface area contributed by atoms with Gasteiger partial charge in [0.05, 0.1) is 16.8 Å². The third-order valence-electron chi connectivity index (χ3n) is 5.85. The lowest BCUT2D eigenvalue weighted by molar-refractivity contribution is 0.474. The molecule has 0 spiro atoms. The third kappa shape index (κ3) is 4.28. The minimum atomic E-state index is -3.59. The topological polar surface area (TPSA) is 72.2 Å². The van der Waals surface area contributed by atoms with Gasteiger partial charge in [-0.25, -0.2) is 12.4 Å². The van der Waals surface area contributed by atoms with Gasteiger partial charge in [-0.15, -0.1) is 0 Å². The van der Waals surface area contributed by atoms with Gasteiger partial charge in [-0.2, -0.15) is 0 Å². The van der Waals surface area contributed by atoms with Crippen molar-refractivity contribution in [2.24, 2.45) is 0 Å². The van der Waals surface area contributed by atoms with Crippen LogP contribution in [0, 0.1) is 13.8 Å². The van der Waals surface area contributed by atoms with E-state index in [9.17, 15) is 13.5 Å². The molecule has 0 unspecified atom stereocenters. The first-order valence-electron chi connectivity index (χ1n) is 10.7. The Bertz CT molecular complexity index is 1360. The van der Waals surface area contributed by atoms with Crippen molar-refractivity contribution in [1.29, 1.82) is 0 Å². The molecule has 2 heterocycles. The van der Waals surface area contributed by atoms with Gasteiger partial charge in [0.15, 0.2) is 0 Å². The number of phenolic OH excluding ortho intramolecular Hbond substituents is 1. The molecule has 0 saturated carbocycles. The lowest BCUT2D eigenvalue weighted by atomic mass is 9.97. The van der Waals surface area contributed by atoms with Crippen molar-refractivity contribution < 1.29 is 13.5 Å². The van der Waals surface area contributed by atoms with Crippen molar-refractivity contribution in [3.8, 4) is 5.75 Å². The number of aromatic hydroxyl groups is 1. The second-order valence-electron chi connectivity index (χ2n) is 8.68. The van der Waals surface area contributed by atoms with Gasteiger partial charge >= 0.3 is 0 Å². The Morgan fingerprint density at radius 2 is 1.66 bits per heavy atom. The molecule has 0 aliphatic rings. The molecule has 32 heavy (non-hydrogen) atoms. The Hall–Kier alpha value is -3.12. The number of pyridine rings is 1. The Morgan fingerprint density at radius 1 is 1.00 bits per heavy atom. The largest absolute Gasteiger partial charge is 0.508 e. The van der Waals surface area contributed by atoms with Gasteiger partial charge in [0.1, 0.15) is 5.75 Å². The van der Waals surface area contributed by atoms with Crippen LogP contribution in [0.4, 0.5) is 0 Å². The molecule has 0 amide bonds. The molecule has 0 bridgehead atoms. The summed E-state index contributed by atoms with van der Waals surface area (Å²) in [7, 11) is -3.59. The Kier molecular flexibility index (Phi) is 5.82. The molecular formula is C26H28N2O3S. The van der Waals surface area contributed by atoms with E-state index in [1.807, 2.05) is 70.2 Å². The molecule has 4 rings (SSSR count). The van der Waals surface area contributed by atoms with E-state index >= 15 is 0 Å². The van der Waals surface area contributed by atoms with Crippen molar-refractivity contribution in [3.63, 3.8) is 0 Å². The average molecular weight is 449 g/mol. The van der Waals surface area contributed by atoms with Crippen LogP contribution in [-0.4, -0.2) is 22.5 Å². The highest BCUT2D eigenvalue weighted by atomic mass is 32.2. The van der Waals surface area contributed by atoms with E-state index in [1.165, 1.54) is 3.97 Å². The number of hydrogen-bond acceptors (Lipinski definition) is 4. The molecule has 0 radical (unpaired) electrons. The minimum Gasteiger partial charge on any atom is -0.508 e. The van der Waals surface area contributed by atoms with E-state index in [2.05, 4.69) is 0 Å². The highest BCUT2D eigenvalue weighted by molar-refractivity contribution is 7.89. The van der Waals surface area contributed by atoms with Gasteiger partial charge in [-0.3, -0.25) is 4.98 Å². The van der Waals surface area contributed by atoms with Crippen molar-refractivity contribution >= 4 is 21.1 Å². The minimum absolute atomic E-state index is 0.0667. The van der Waals surface area contributed by atoms with E-state index in [1.54, 1.807) is 18.3 Å². The molecule has 0 saturated heterocycles. The van der Waals surface area contributed by atoms with Crippen LogP contribution in [0.1, 0.15) is 53.3 Å². The average Bonchev–Trinajstić information content (AvgIpc) is 3.11. The number of aromatic nitrogens is 2. The lowest BCUT2D eigenvalue weighted by Crippen LogP contribution is -2.14. The summed E-state index contributed by atoms with van der Waals surface area (Å²) >= 11 is 0. The third-order valence-corrected chi connectivity index (χ3v) is 7.45. The summed E-state index contributed by atoms with van der Waals surface area (Å²) in [4.78, 5) is 4.89. The van der Waals surface area contributed by atoms with E-state index in [-0.39, 0.29) is 17.4 Å². The van der Waals surface area contributed by atoms with Crippen molar-refractivity contribution in [2.75, 3.05) is 0 Å². The molecule has 4 aromatic rings. The summed E-state index contributed by atoms with van der Waals surface area (Å²) in [6.07, 6.45) is 2.34. The number of rotatable bonds is 6. The van der Waals surface area contributed by atoms with Crippen molar-refractivity contribution in [1.82, 2.24) is 8.96 Å². The SMILES string of the molecule is Cc1cc(O)cc(C)c1Cc1ccc2c(n1)c(C(C)C)cn2S(=O)(=O)Cc1ccccc1. The number of benzene rings is 2. The first-order chi connectivity index (χ1) is 15.2. The van der Waals surface area contributed by atoms with E-state index in [4.69, 9.17) is 4.98 Å². The second kappa shape index (κ2) is 8.43.